The van der Waals surface area contributed by atoms with Crippen LogP contribution in [-0.4, -0.2) is 0 Å². The van der Waals surface area contributed by atoms with Crippen LogP contribution in [0, 0.1) is 0 Å². The van der Waals surface area contributed by atoms with Gasteiger partial charge in [-0.3, -0.25) is 0 Å². The van der Waals surface area contributed by atoms with Crippen molar-refractivity contribution in [1.82, 2.24) is 0 Å². The molecule has 2 aromatic rings. The Morgan fingerprint density at radius 1 is 0.733 bits per heavy atom. The summed E-state index contributed by atoms with van der Waals surface area (Å²) in [6.45, 7) is 0. The summed E-state index contributed by atoms with van der Waals surface area (Å²) in [4.78, 5) is 2.59. The number of hydrogen-bond acceptors (Lipinski definition) is 2. The van der Waals surface area contributed by atoms with E-state index in [1.54, 1.807) is 0 Å². The first-order valence-electron chi connectivity index (χ1n) is 4.56. The van der Waals surface area contributed by atoms with E-state index in [-0.39, 0.29) is 51.4 Å². The third kappa shape index (κ3) is 2.33. The van der Waals surface area contributed by atoms with E-state index in [4.69, 9.17) is 0 Å². The molecule has 3 rings (SSSR count). The van der Waals surface area contributed by atoms with Gasteiger partial charge < -0.3 is 5.32 Å². The van der Waals surface area contributed by atoms with Crippen molar-refractivity contribution in [2.45, 2.75) is 9.79 Å². The van der Waals surface area contributed by atoms with E-state index >= 15 is 0 Å². The molecule has 1 heterocycles. The van der Waals surface area contributed by atoms with Gasteiger partial charge in [-0.2, -0.15) is 0 Å². The van der Waals surface area contributed by atoms with Crippen molar-refractivity contribution in [1.29, 1.82) is 0 Å². The standard InChI is InChI=1S/C12H9NS.K/c1-3-7-11-9(5-1)13-10-6-2-4-8-12(10)14-11;/h1-8,13H;/q;+1. The number of para-hydroxylation sites is 2. The Kier molecular flexibility index (Phi) is 3.93. The summed E-state index contributed by atoms with van der Waals surface area (Å²) in [5.74, 6) is 0. The molecule has 0 aromatic heterocycles. The molecule has 0 aliphatic carbocycles. The molecule has 1 aliphatic heterocycles. The third-order valence-corrected chi connectivity index (χ3v) is 3.42. The fraction of sp³-hybridized carbons (Fsp3) is 0. The van der Waals surface area contributed by atoms with Gasteiger partial charge in [-0.1, -0.05) is 36.0 Å². The van der Waals surface area contributed by atoms with Crippen molar-refractivity contribution in [3.63, 3.8) is 0 Å². The first-order valence-corrected chi connectivity index (χ1v) is 5.38. The Morgan fingerprint density at radius 2 is 1.20 bits per heavy atom. The van der Waals surface area contributed by atoms with Crippen molar-refractivity contribution in [2.24, 2.45) is 0 Å². The SMILES string of the molecule is [K+].c1ccc2c(c1)Nc1ccccc1S2. The van der Waals surface area contributed by atoms with E-state index in [2.05, 4.69) is 53.8 Å². The molecule has 0 radical (unpaired) electrons. The van der Waals surface area contributed by atoms with E-state index in [1.807, 2.05) is 11.8 Å². The summed E-state index contributed by atoms with van der Waals surface area (Å²) in [5.41, 5.74) is 2.41. The smallest absolute Gasteiger partial charge is 0.354 e. The monoisotopic (exact) mass is 238 g/mol. The predicted octanol–water partition coefficient (Wildman–Crippen LogP) is 0.899. The average Bonchev–Trinajstić information content (AvgIpc) is 2.26. The molecule has 68 valence electrons. The average molecular weight is 238 g/mol. The van der Waals surface area contributed by atoms with Gasteiger partial charge in [-0.05, 0) is 24.3 Å². The Hall–Kier alpha value is 0.226. The second-order valence-corrected chi connectivity index (χ2v) is 4.30. The summed E-state index contributed by atoms with van der Waals surface area (Å²) in [7, 11) is 0. The van der Waals surface area contributed by atoms with Crippen LogP contribution in [-0.2, 0) is 0 Å². The van der Waals surface area contributed by atoms with Crippen LogP contribution in [0.1, 0.15) is 0 Å². The summed E-state index contributed by atoms with van der Waals surface area (Å²) in [6, 6.07) is 16.8. The van der Waals surface area contributed by atoms with E-state index in [9.17, 15) is 0 Å². The quantitative estimate of drug-likeness (QED) is 0.584. The maximum absolute atomic E-state index is 3.42. The zero-order valence-electron chi connectivity index (χ0n) is 8.53. The molecule has 1 aliphatic rings. The molecular weight excluding hydrogens is 229 g/mol. The first-order chi connectivity index (χ1) is 6.93. The van der Waals surface area contributed by atoms with Crippen LogP contribution in [0.3, 0.4) is 0 Å². The van der Waals surface area contributed by atoms with Gasteiger partial charge in [0.25, 0.3) is 0 Å². The van der Waals surface area contributed by atoms with Crippen LogP contribution in [0.25, 0.3) is 0 Å². The second kappa shape index (κ2) is 5.04. The van der Waals surface area contributed by atoms with Gasteiger partial charge in [0, 0.05) is 9.79 Å². The number of nitrogens with one attached hydrogen (secondary N) is 1. The Labute approximate surface area is 136 Å². The van der Waals surface area contributed by atoms with Crippen molar-refractivity contribution >= 4 is 23.1 Å². The molecule has 1 N–H and O–H groups in total. The van der Waals surface area contributed by atoms with Gasteiger partial charge in [0.15, 0.2) is 0 Å². The molecule has 0 spiro atoms. The van der Waals surface area contributed by atoms with Crippen LogP contribution in [0.15, 0.2) is 58.3 Å². The fourth-order valence-corrected chi connectivity index (χ4v) is 2.57. The van der Waals surface area contributed by atoms with E-state index in [0.29, 0.717) is 0 Å². The molecule has 2 aromatic carbocycles. The van der Waals surface area contributed by atoms with Gasteiger partial charge >= 0.3 is 51.4 Å². The molecule has 0 amide bonds. The molecule has 0 fully saturated rings. The molecule has 0 saturated heterocycles. The summed E-state index contributed by atoms with van der Waals surface area (Å²) in [6.07, 6.45) is 0. The number of rotatable bonds is 0. The Bertz CT molecular complexity index is 397. The van der Waals surface area contributed by atoms with E-state index < -0.39 is 0 Å². The molecular formula is C12H9KNS+. The molecule has 3 heteroatoms. The Morgan fingerprint density at radius 3 is 1.73 bits per heavy atom. The third-order valence-electron chi connectivity index (χ3n) is 2.26. The molecule has 0 unspecified atom stereocenters. The second-order valence-electron chi connectivity index (χ2n) is 3.22. The topological polar surface area (TPSA) is 12.0 Å². The maximum Gasteiger partial charge on any atom is 1.00 e. The Balaban J connectivity index is 0.000000853. The number of hydrogen-bond donors (Lipinski definition) is 1. The largest absolute Gasteiger partial charge is 1.00 e. The molecule has 1 nitrogen and oxygen atoms in total. The van der Waals surface area contributed by atoms with Gasteiger partial charge in [0.1, 0.15) is 0 Å². The van der Waals surface area contributed by atoms with Crippen molar-refractivity contribution in [3.8, 4) is 0 Å². The van der Waals surface area contributed by atoms with Crippen molar-refractivity contribution in [3.05, 3.63) is 48.5 Å². The maximum atomic E-state index is 3.42. The van der Waals surface area contributed by atoms with Crippen LogP contribution < -0.4 is 56.7 Å². The molecule has 0 atom stereocenters. The van der Waals surface area contributed by atoms with E-state index in [1.165, 1.54) is 21.2 Å². The first kappa shape index (κ1) is 11.7. The zero-order chi connectivity index (χ0) is 9.38. The minimum absolute atomic E-state index is 0. The number of anilines is 2. The molecule has 0 saturated carbocycles. The van der Waals surface area contributed by atoms with Gasteiger partial charge in [-0.15, -0.1) is 0 Å². The van der Waals surface area contributed by atoms with Gasteiger partial charge in [-0.25, -0.2) is 0 Å². The molecule has 15 heavy (non-hydrogen) atoms. The summed E-state index contributed by atoms with van der Waals surface area (Å²) >= 11 is 1.82. The van der Waals surface area contributed by atoms with Crippen LogP contribution in [0.2, 0.25) is 0 Å². The number of fused-ring (bicyclic) bond motifs is 2. The zero-order valence-corrected chi connectivity index (χ0v) is 12.5. The molecule has 0 bridgehead atoms. The minimum Gasteiger partial charge on any atom is -0.354 e. The predicted molar refractivity (Wildman–Crippen MR) is 60.3 cm³/mol. The summed E-state index contributed by atoms with van der Waals surface area (Å²) in [5, 5.41) is 3.42. The van der Waals surface area contributed by atoms with Gasteiger partial charge in [0.05, 0.1) is 11.4 Å². The van der Waals surface area contributed by atoms with Crippen molar-refractivity contribution < 1.29 is 51.4 Å². The summed E-state index contributed by atoms with van der Waals surface area (Å²) < 4.78 is 0. The van der Waals surface area contributed by atoms with Crippen LogP contribution in [0.4, 0.5) is 11.4 Å². The van der Waals surface area contributed by atoms with E-state index in [0.717, 1.165) is 0 Å². The minimum atomic E-state index is 0. The van der Waals surface area contributed by atoms with Gasteiger partial charge in [0.2, 0.25) is 0 Å². The normalized spacial score (nSPS) is 11.7. The fourth-order valence-electron chi connectivity index (χ4n) is 1.58. The van der Waals surface area contributed by atoms with Crippen LogP contribution >= 0.6 is 11.8 Å². The van der Waals surface area contributed by atoms with Crippen LogP contribution in [0.5, 0.6) is 0 Å². The number of benzene rings is 2. The van der Waals surface area contributed by atoms with Crippen molar-refractivity contribution in [2.75, 3.05) is 5.32 Å².